The molecule has 1 atom stereocenters. The van der Waals surface area contributed by atoms with E-state index in [4.69, 9.17) is 0 Å². The minimum atomic E-state index is -0.242. The number of aromatic nitrogens is 1. The molecule has 2 amide bonds. The Morgan fingerprint density at radius 2 is 2.14 bits per heavy atom. The molecular weight excluding hydrogens is 327 g/mol. The van der Waals surface area contributed by atoms with E-state index in [-0.39, 0.29) is 43.2 Å². The second kappa shape index (κ2) is 11.2. The quantitative estimate of drug-likeness (QED) is 0.724. The van der Waals surface area contributed by atoms with Crippen LogP contribution in [0.2, 0.25) is 0 Å². The summed E-state index contributed by atoms with van der Waals surface area (Å²) in [5.41, 5.74) is 0.628. The maximum atomic E-state index is 11.6. The first-order chi connectivity index (χ1) is 9.74. The molecule has 3 N–H and O–H groups in total. The van der Waals surface area contributed by atoms with Gasteiger partial charge < -0.3 is 16.0 Å². The van der Waals surface area contributed by atoms with Crippen molar-refractivity contribution in [1.82, 2.24) is 15.6 Å². The van der Waals surface area contributed by atoms with Gasteiger partial charge in [-0.15, -0.1) is 24.8 Å². The Labute approximate surface area is 142 Å². The van der Waals surface area contributed by atoms with Crippen LogP contribution >= 0.6 is 24.8 Å². The topological polar surface area (TPSA) is 83.1 Å². The predicted octanol–water partition coefficient (Wildman–Crippen LogP) is 1.37. The van der Waals surface area contributed by atoms with Crippen LogP contribution in [0.3, 0.4) is 0 Å². The molecule has 1 aliphatic heterocycles. The van der Waals surface area contributed by atoms with Gasteiger partial charge in [-0.05, 0) is 44.0 Å². The van der Waals surface area contributed by atoms with Gasteiger partial charge in [-0.1, -0.05) is 0 Å². The molecule has 1 fully saturated rings. The van der Waals surface area contributed by atoms with E-state index in [1.165, 1.54) is 0 Å². The van der Waals surface area contributed by atoms with Gasteiger partial charge in [0.25, 0.3) is 0 Å². The molecule has 124 valence electrons. The number of carbonyl (C=O) groups is 2. The summed E-state index contributed by atoms with van der Waals surface area (Å²) in [5.74, 6) is 0.275. The number of hydrogen-bond donors (Lipinski definition) is 3. The van der Waals surface area contributed by atoms with E-state index in [9.17, 15) is 9.59 Å². The molecule has 0 spiro atoms. The standard InChI is InChI=1S/C14H20N4O2.2ClH/c19-13(4-3-11-5-7-16-8-11)17-10-14(20)18-12-2-1-6-15-9-12;;/h1-2,6,9,11,16H,3-5,7-8,10H2,(H,17,19)(H,18,20);2*1H. The van der Waals surface area contributed by atoms with Gasteiger partial charge in [0, 0.05) is 12.6 Å². The summed E-state index contributed by atoms with van der Waals surface area (Å²) in [6.07, 6.45) is 5.69. The fraction of sp³-hybridized carbons (Fsp3) is 0.500. The number of amides is 2. The van der Waals surface area contributed by atoms with E-state index in [1.54, 1.807) is 24.5 Å². The Morgan fingerprint density at radius 3 is 2.77 bits per heavy atom. The third-order valence-corrected chi connectivity index (χ3v) is 3.33. The molecule has 1 aliphatic rings. The zero-order valence-electron chi connectivity index (χ0n) is 12.2. The molecule has 2 heterocycles. The highest BCUT2D eigenvalue weighted by atomic mass is 35.5. The number of rotatable bonds is 6. The summed E-state index contributed by atoms with van der Waals surface area (Å²) in [6, 6.07) is 3.49. The third kappa shape index (κ3) is 7.59. The maximum Gasteiger partial charge on any atom is 0.243 e. The highest BCUT2D eigenvalue weighted by Gasteiger charge is 2.15. The molecule has 0 saturated carbocycles. The van der Waals surface area contributed by atoms with Crippen LogP contribution in [0.15, 0.2) is 24.5 Å². The molecule has 1 aromatic rings. The van der Waals surface area contributed by atoms with Crippen LogP contribution in [-0.4, -0.2) is 36.4 Å². The van der Waals surface area contributed by atoms with E-state index in [2.05, 4.69) is 20.9 Å². The zero-order valence-corrected chi connectivity index (χ0v) is 13.8. The van der Waals surface area contributed by atoms with Gasteiger partial charge in [-0.3, -0.25) is 14.6 Å². The van der Waals surface area contributed by atoms with Crippen LogP contribution < -0.4 is 16.0 Å². The van der Waals surface area contributed by atoms with Gasteiger partial charge in [0.2, 0.25) is 11.8 Å². The molecule has 1 saturated heterocycles. The molecule has 0 aliphatic carbocycles. The van der Waals surface area contributed by atoms with Crippen molar-refractivity contribution in [1.29, 1.82) is 0 Å². The lowest BCUT2D eigenvalue weighted by Crippen LogP contribution is -2.33. The Hall–Kier alpha value is -1.37. The number of carbonyl (C=O) groups excluding carboxylic acids is 2. The number of nitrogens with one attached hydrogen (secondary N) is 3. The summed E-state index contributed by atoms with van der Waals surface area (Å²) in [7, 11) is 0. The smallest absolute Gasteiger partial charge is 0.243 e. The average Bonchev–Trinajstić information content (AvgIpc) is 2.97. The van der Waals surface area contributed by atoms with Crippen LogP contribution in [0.1, 0.15) is 19.3 Å². The van der Waals surface area contributed by atoms with Crippen molar-refractivity contribution in [2.75, 3.05) is 25.0 Å². The highest BCUT2D eigenvalue weighted by molar-refractivity contribution is 5.94. The zero-order chi connectivity index (χ0) is 14.2. The Balaban J connectivity index is 0.00000220. The molecule has 0 aromatic carbocycles. The minimum Gasteiger partial charge on any atom is -0.347 e. The van der Waals surface area contributed by atoms with Gasteiger partial charge in [0.1, 0.15) is 0 Å². The highest BCUT2D eigenvalue weighted by Crippen LogP contribution is 2.13. The number of pyridine rings is 1. The van der Waals surface area contributed by atoms with Gasteiger partial charge >= 0.3 is 0 Å². The fourth-order valence-electron chi connectivity index (χ4n) is 2.21. The molecule has 0 radical (unpaired) electrons. The molecule has 1 unspecified atom stereocenters. The molecule has 22 heavy (non-hydrogen) atoms. The van der Waals surface area contributed by atoms with Crippen molar-refractivity contribution in [3.05, 3.63) is 24.5 Å². The normalized spacial score (nSPS) is 16.1. The monoisotopic (exact) mass is 348 g/mol. The summed E-state index contributed by atoms with van der Waals surface area (Å²) in [6.45, 7) is 2.03. The van der Waals surface area contributed by atoms with E-state index >= 15 is 0 Å². The van der Waals surface area contributed by atoms with E-state index in [1.807, 2.05) is 0 Å². The molecule has 6 nitrogen and oxygen atoms in total. The van der Waals surface area contributed by atoms with Gasteiger partial charge in [0.05, 0.1) is 18.4 Å². The molecular formula is C14H22Cl2N4O2. The van der Waals surface area contributed by atoms with Gasteiger partial charge in [-0.25, -0.2) is 0 Å². The molecule has 1 aromatic heterocycles. The summed E-state index contributed by atoms with van der Waals surface area (Å²) in [5, 5.41) is 8.58. The summed E-state index contributed by atoms with van der Waals surface area (Å²) in [4.78, 5) is 27.1. The van der Waals surface area contributed by atoms with E-state index in [0.29, 0.717) is 18.0 Å². The lowest BCUT2D eigenvalue weighted by molar-refractivity contribution is -0.124. The van der Waals surface area contributed by atoms with Crippen molar-refractivity contribution in [3.63, 3.8) is 0 Å². The SMILES string of the molecule is Cl.Cl.O=C(CCC1CCNC1)NCC(=O)Nc1cccnc1. The Morgan fingerprint density at radius 1 is 1.32 bits per heavy atom. The van der Waals surface area contributed by atoms with Gasteiger partial charge in [-0.2, -0.15) is 0 Å². The van der Waals surface area contributed by atoms with E-state index < -0.39 is 0 Å². The van der Waals surface area contributed by atoms with Crippen LogP contribution in [0.4, 0.5) is 5.69 Å². The average molecular weight is 349 g/mol. The molecule has 8 heteroatoms. The second-order valence-corrected chi connectivity index (χ2v) is 4.96. The van der Waals surface area contributed by atoms with Crippen molar-refractivity contribution in [3.8, 4) is 0 Å². The van der Waals surface area contributed by atoms with Crippen molar-refractivity contribution >= 4 is 42.3 Å². The third-order valence-electron chi connectivity index (χ3n) is 3.33. The number of nitrogens with zero attached hydrogens (tertiary/aromatic N) is 1. The van der Waals surface area contributed by atoms with Crippen LogP contribution in [0, 0.1) is 5.92 Å². The first-order valence-electron chi connectivity index (χ1n) is 6.91. The fourth-order valence-corrected chi connectivity index (χ4v) is 2.21. The van der Waals surface area contributed by atoms with E-state index in [0.717, 1.165) is 25.9 Å². The minimum absolute atomic E-state index is 0. The van der Waals surface area contributed by atoms with Crippen LogP contribution in [0.25, 0.3) is 0 Å². The first kappa shape index (κ1) is 20.6. The van der Waals surface area contributed by atoms with Crippen molar-refractivity contribution in [2.45, 2.75) is 19.3 Å². The van der Waals surface area contributed by atoms with Gasteiger partial charge in [0.15, 0.2) is 0 Å². The maximum absolute atomic E-state index is 11.6. The largest absolute Gasteiger partial charge is 0.347 e. The lowest BCUT2D eigenvalue weighted by atomic mass is 10.0. The Bertz CT molecular complexity index is 453. The molecule has 2 rings (SSSR count). The number of anilines is 1. The summed E-state index contributed by atoms with van der Waals surface area (Å²) < 4.78 is 0. The van der Waals surface area contributed by atoms with Crippen LogP contribution in [0.5, 0.6) is 0 Å². The number of halogens is 2. The first-order valence-corrected chi connectivity index (χ1v) is 6.91. The Kier molecular flexibility index (Phi) is 10.5. The number of hydrogen-bond acceptors (Lipinski definition) is 4. The second-order valence-electron chi connectivity index (χ2n) is 4.96. The van der Waals surface area contributed by atoms with Crippen molar-refractivity contribution in [2.24, 2.45) is 5.92 Å². The molecule has 0 bridgehead atoms. The summed E-state index contributed by atoms with van der Waals surface area (Å²) >= 11 is 0. The lowest BCUT2D eigenvalue weighted by Gasteiger charge is -2.09. The van der Waals surface area contributed by atoms with Crippen molar-refractivity contribution < 1.29 is 9.59 Å². The predicted molar refractivity (Wildman–Crippen MR) is 90.6 cm³/mol. The van der Waals surface area contributed by atoms with Crippen LogP contribution in [-0.2, 0) is 9.59 Å².